The van der Waals surface area contributed by atoms with Crippen LogP contribution in [0.3, 0.4) is 0 Å². The van der Waals surface area contributed by atoms with E-state index < -0.39 is 10.0 Å². The summed E-state index contributed by atoms with van der Waals surface area (Å²) in [5, 5.41) is 2.80. The van der Waals surface area contributed by atoms with Gasteiger partial charge in [0, 0.05) is 18.8 Å². The zero-order chi connectivity index (χ0) is 18.7. The van der Waals surface area contributed by atoms with Gasteiger partial charge in [-0.15, -0.1) is 0 Å². The lowest BCUT2D eigenvalue weighted by molar-refractivity contribution is -0.117. The molecule has 1 aliphatic heterocycles. The highest BCUT2D eigenvalue weighted by atomic mass is 32.2. The number of aryl methyl sites for hydroxylation is 1. The lowest BCUT2D eigenvalue weighted by atomic mass is 10.00. The summed E-state index contributed by atoms with van der Waals surface area (Å²) in [4.78, 5) is 14.7. The number of fused-ring (bicyclic) bond motifs is 1. The Morgan fingerprint density at radius 2 is 1.88 bits per heavy atom. The molecule has 1 heterocycles. The summed E-state index contributed by atoms with van der Waals surface area (Å²) in [6.07, 6.45) is 0.929. The van der Waals surface area contributed by atoms with E-state index in [2.05, 4.69) is 27.1 Å². The highest BCUT2D eigenvalue weighted by molar-refractivity contribution is 7.89. The zero-order valence-electron chi connectivity index (χ0n) is 15.0. The van der Waals surface area contributed by atoms with Crippen LogP contribution < -0.4 is 10.0 Å². The minimum atomic E-state index is -3.56. The van der Waals surface area contributed by atoms with Gasteiger partial charge in [0.15, 0.2) is 0 Å². The summed E-state index contributed by atoms with van der Waals surface area (Å²) >= 11 is 0. The molecular weight excluding hydrogens is 350 g/mol. The van der Waals surface area contributed by atoms with Gasteiger partial charge in [-0.25, -0.2) is 13.1 Å². The van der Waals surface area contributed by atoms with Crippen molar-refractivity contribution in [3.63, 3.8) is 0 Å². The highest BCUT2D eigenvalue weighted by Crippen LogP contribution is 2.21. The Kier molecular flexibility index (Phi) is 5.41. The van der Waals surface area contributed by atoms with Gasteiger partial charge >= 0.3 is 0 Å². The van der Waals surface area contributed by atoms with Gasteiger partial charge in [0.2, 0.25) is 15.9 Å². The molecule has 0 aliphatic carbocycles. The molecule has 0 bridgehead atoms. The Balaban J connectivity index is 1.67. The van der Waals surface area contributed by atoms with Crippen LogP contribution in [0.1, 0.15) is 16.7 Å². The van der Waals surface area contributed by atoms with Crippen molar-refractivity contribution < 1.29 is 13.2 Å². The van der Waals surface area contributed by atoms with E-state index in [0.29, 0.717) is 11.3 Å². The summed E-state index contributed by atoms with van der Waals surface area (Å²) in [5.74, 6) is -0.152. The van der Waals surface area contributed by atoms with Crippen molar-refractivity contribution in [2.45, 2.75) is 24.8 Å². The molecular formula is C19H23N3O3S. The van der Waals surface area contributed by atoms with E-state index in [0.717, 1.165) is 19.5 Å². The van der Waals surface area contributed by atoms with Crippen molar-refractivity contribution in [3.05, 3.63) is 59.2 Å². The number of amides is 1. The third-order valence-corrected chi connectivity index (χ3v) is 6.16. The number of carbonyl (C=O) groups excluding carboxylic acids is 1. The van der Waals surface area contributed by atoms with E-state index in [4.69, 9.17) is 0 Å². The molecule has 1 amide bonds. The summed E-state index contributed by atoms with van der Waals surface area (Å²) < 4.78 is 26.4. The monoisotopic (exact) mass is 373 g/mol. The first-order chi connectivity index (χ1) is 12.4. The number of hydrogen-bond donors (Lipinski definition) is 2. The molecule has 3 rings (SSSR count). The molecule has 2 aromatic rings. The SMILES string of the molecule is CNS(=O)(=O)c1cc(NC(=O)CN2CCc3ccccc3C2)ccc1C. The number of benzene rings is 2. The number of nitrogens with one attached hydrogen (secondary N) is 2. The Morgan fingerprint density at radius 3 is 2.62 bits per heavy atom. The molecule has 0 fully saturated rings. The molecule has 0 aromatic heterocycles. The van der Waals surface area contributed by atoms with Crippen LogP contribution in [0.25, 0.3) is 0 Å². The van der Waals surface area contributed by atoms with Gasteiger partial charge in [-0.2, -0.15) is 0 Å². The molecule has 0 unspecified atom stereocenters. The van der Waals surface area contributed by atoms with Crippen LogP contribution >= 0.6 is 0 Å². The second kappa shape index (κ2) is 7.57. The summed E-state index contributed by atoms with van der Waals surface area (Å²) in [6.45, 7) is 3.58. The molecule has 0 atom stereocenters. The molecule has 26 heavy (non-hydrogen) atoms. The number of nitrogens with zero attached hydrogens (tertiary/aromatic N) is 1. The number of rotatable bonds is 5. The Hall–Kier alpha value is -2.22. The van der Waals surface area contributed by atoms with Crippen molar-refractivity contribution in [3.8, 4) is 0 Å². The van der Waals surface area contributed by atoms with Crippen LogP contribution in [0.4, 0.5) is 5.69 Å². The van der Waals surface area contributed by atoms with E-state index in [9.17, 15) is 13.2 Å². The fraction of sp³-hybridized carbons (Fsp3) is 0.316. The molecule has 138 valence electrons. The van der Waals surface area contributed by atoms with E-state index in [-0.39, 0.29) is 17.3 Å². The highest BCUT2D eigenvalue weighted by Gasteiger charge is 2.19. The van der Waals surface area contributed by atoms with Crippen LogP contribution in [0.5, 0.6) is 0 Å². The lowest BCUT2D eigenvalue weighted by Gasteiger charge is -2.28. The molecule has 0 saturated carbocycles. The second-order valence-corrected chi connectivity index (χ2v) is 8.32. The maximum absolute atomic E-state index is 12.4. The average Bonchev–Trinajstić information content (AvgIpc) is 2.63. The van der Waals surface area contributed by atoms with Gasteiger partial charge in [-0.3, -0.25) is 9.69 Å². The molecule has 0 spiro atoms. The number of anilines is 1. The minimum Gasteiger partial charge on any atom is -0.325 e. The summed E-state index contributed by atoms with van der Waals surface area (Å²) in [6, 6.07) is 13.2. The summed E-state index contributed by atoms with van der Waals surface area (Å²) in [7, 11) is -2.19. The largest absolute Gasteiger partial charge is 0.325 e. The van der Waals surface area contributed by atoms with Crippen molar-refractivity contribution >= 4 is 21.6 Å². The third-order valence-electron chi connectivity index (χ3n) is 4.61. The van der Waals surface area contributed by atoms with E-state index in [1.165, 1.54) is 24.2 Å². The van der Waals surface area contributed by atoms with Crippen LogP contribution in [0.2, 0.25) is 0 Å². The molecule has 0 radical (unpaired) electrons. The number of carbonyl (C=O) groups is 1. The lowest BCUT2D eigenvalue weighted by Crippen LogP contribution is -2.37. The van der Waals surface area contributed by atoms with Gasteiger partial charge in [0.25, 0.3) is 0 Å². The maximum Gasteiger partial charge on any atom is 0.240 e. The average molecular weight is 373 g/mol. The molecule has 6 nitrogen and oxygen atoms in total. The van der Waals surface area contributed by atoms with Crippen LogP contribution in [0, 0.1) is 6.92 Å². The third kappa shape index (κ3) is 4.12. The van der Waals surface area contributed by atoms with Gasteiger partial charge < -0.3 is 5.32 Å². The van der Waals surface area contributed by atoms with Crippen molar-refractivity contribution in [1.29, 1.82) is 0 Å². The maximum atomic E-state index is 12.4. The van der Waals surface area contributed by atoms with Crippen LogP contribution in [-0.4, -0.2) is 39.4 Å². The van der Waals surface area contributed by atoms with Crippen LogP contribution in [0.15, 0.2) is 47.4 Å². The van der Waals surface area contributed by atoms with E-state index in [1.54, 1.807) is 19.1 Å². The topological polar surface area (TPSA) is 78.5 Å². The Morgan fingerprint density at radius 1 is 1.15 bits per heavy atom. The standard InChI is InChI=1S/C19H23N3O3S/c1-14-7-8-17(11-18(14)26(24,25)20-2)21-19(23)13-22-10-9-15-5-3-4-6-16(15)12-22/h3-8,11,20H,9-10,12-13H2,1-2H3,(H,21,23). The minimum absolute atomic E-state index is 0.152. The fourth-order valence-corrected chi connectivity index (χ4v) is 4.16. The van der Waals surface area contributed by atoms with Crippen molar-refractivity contribution in [2.75, 3.05) is 25.5 Å². The normalized spacial score (nSPS) is 14.7. The quantitative estimate of drug-likeness (QED) is 0.839. The van der Waals surface area contributed by atoms with Gasteiger partial charge in [-0.05, 0) is 49.2 Å². The smallest absolute Gasteiger partial charge is 0.240 e. The predicted octanol–water partition coefficient (Wildman–Crippen LogP) is 1.90. The van der Waals surface area contributed by atoms with Crippen molar-refractivity contribution in [2.24, 2.45) is 0 Å². The summed E-state index contributed by atoms with van der Waals surface area (Å²) in [5.41, 5.74) is 3.70. The van der Waals surface area contributed by atoms with Gasteiger partial charge in [0.05, 0.1) is 11.4 Å². The van der Waals surface area contributed by atoms with Gasteiger partial charge in [-0.1, -0.05) is 30.3 Å². The first-order valence-corrected chi connectivity index (χ1v) is 10.0. The molecule has 1 aliphatic rings. The Labute approximate surface area is 154 Å². The van der Waals surface area contributed by atoms with Gasteiger partial charge in [0.1, 0.15) is 0 Å². The molecule has 2 aromatic carbocycles. The predicted molar refractivity (Wildman–Crippen MR) is 101 cm³/mol. The zero-order valence-corrected chi connectivity index (χ0v) is 15.8. The molecule has 7 heteroatoms. The first kappa shape index (κ1) is 18.6. The Bertz CT molecular complexity index is 925. The molecule has 0 saturated heterocycles. The molecule has 2 N–H and O–H groups in total. The fourth-order valence-electron chi connectivity index (χ4n) is 3.17. The van der Waals surface area contributed by atoms with E-state index in [1.807, 2.05) is 12.1 Å². The second-order valence-electron chi connectivity index (χ2n) is 6.47. The number of sulfonamides is 1. The van der Waals surface area contributed by atoms with Crippen LogP contribution in [-0.2, 0) is 27.8 Å². The van der Waals surface area contributed by atoms with Crippen molar-refractivity contribution in [1.82, 2.24) is 9.62 Å². The van der Waals surface area contributed by atoms with E-state index >= 15 is 0 Å². The number of hydrogen-bond acceptors (Lipinski definition) is 4. The first-order valence-electron chi connectivity index (χ1n) is 8.52.